The standard InChI is InChI=1S/C19H26N4O4/c1-13(2)11-20-17(26)21-15(24)12-23-16(25)19(3,22-18(23)27)10-9-14-7-5-4-6-8-14/h4-8,13H,9-12H2,1-3H3,(H,22,27)(H2,20,21,24,26)/t19-/m1/s1. The van der Waals surface area contributed by atoms with Crippen LogP contribution in [0.3, 0.4) is 0 Å². The van der Waals surface area contributed by atoms with Crippen molar-refractivity contribution in [3.05, 3.63) is 35.9 Å². The molecular formula is C19H26N4O4. The summed E-state index contributed by atoms with van der Waals surface area (Å²) in [4.78, 5) is 49.3. The summed E-state index contributed by atoms with van der Waals surface area (Å²) >= 11 is 0. The minimum absolute atomic E-state index is 0.238. The Labute approximate surface area is 158 Å². The number of aryl methyl sites for hydroxylation is 1. The van der Waals surface area contributed by atoms with Crippen molar-refractivity contribution < 1.29 is 19.2 Å². The predicted molar refractivity (Wildman–Crippen MR) is 99.8 cm³/mol. The number of carbonyl (C=O) groups excluding carboxylic acids is 4. The van der Waals surface area contributed by atoms with Crippen molar-refractivity contribution in [3.63, 3.8) is 0 Å². The van der Waals surface area contributed by atoms with E-state index in [4.69, 9.17) is 0 Å². The van der Waals surface area contributed by atoms with Gasteiger partial charge in [0, 0.05) is 6.54 Å². The summed E-state index contributed by atoms with van der Waals surface area (Å²) in [5, 5.41) is 7.32. The SMILES string of the molecule is CC(C)CNC(=O)NC(=O)CN1C(=O)N[C@](C)(CCc2ccccc2)C1=O. The fourth-order valence-electron chi connectivity index (χ4n) is 2.75. The second-order valence-electron chi connectivity index (χ2n) is 7.29. The Bertz CT molecular complexity index is 720. The monoisotopic (exact) mass is 374 g/mol. The van der Waals surface area contributed by atoms with Crippen molar-refractivity contribution in [2.45, 2.75) is 39.2 Å². The van der Waals surface area contributed by atoms with Crippen molar-refractivity contribution in [3.8, 4) is 0 Å². The van der Waals surface area contributed by atoms with Crippen LogP contribution in [-0.4, -0.2) is 47.4 Å². The van der Waals surface area contributed by atoms with Crippen LogP contribution in [0.2, 0.25) is 0 Å². The highest BCUT2D eigenvalue weighted by atomic mass is 16.2. The van der Waals surface area contributed by atoms with Crippen LogP contribution < -0.4 is 16.0 Å². The zero-order chi connectivity index (χ0) is 20.0. The van der Waals surface area contributed by atoms with E-state index >= 15 is 0 Å². The lowest BCUT2D eigenvalue weighted by Crippen LogP contribution is -2.48. The van der Waals surface area contributed by atoms with E-state index < -0.39 is 36.0 Å². The zero-order valence-corrected chi connectivity index (χ0v) is 15.9. The molecule has 6 amide bonds. The number of amides is 6. The van der Waals surface area contributed by atoms with Crippen molar-refractivity contribution in [1.82, 2.24) is 20.9 Å². The molecular weight excluding hydrogens is 348 g/mol. The average molecular weight is 374 g/mol. The van der Waals surface area contributed by atoms with Gasteiger partial charge in [0.15, 0.2) is 0 Å². The van der Waals surface area contributed by atoms with Crippen molar-refractivity contribution in [2.75, 3.05) is 13.1 Å². The van der Waals surface area contributed by atoms with Gasteiger partial charge < -0.3 is 10.6 Å². The zero-order valence-electron chi connectivity index (χ0n) is 15.9. The van der Waals surface area contributed by atoms with E-state index in [1.54, 1.807) is 6.92 Å². The van der Waals surface area contributed by atoms with E-state index in [9.17, 15) is 19.2 Å². The lowest BCUT2D eigenvalue weighted by Gasteiger charge is -2.21. The third-order valence-corrected chi connectivity index (χ3v) is 4.33. The molecule has 27 heavy (non-hydrogen) atoms. The summed E-state index contributed by atoms with van der Waals surface area (Å²) in [6.45, 7) is 5.40. The smallest absolute Gasteiger partial charge is 0.325 e. The average Bonchev–Trinajstić information content (AvgIpc) is 2.83. The van der Waals surface area contributed by atoms with Gasteiger partial charge in [0.25, 0.3) is 5.91 Å². The van der Waals surface area contributed by atoms with Crippen LogP contribution in [0.4, 0.5) is 9.59 Å². The Morgan fingerprint density at radius 2 is 1.85 bits per heavy atom. The number of benzene rings is 1. The van der Waals surface area contributed by atoms with Gasteiger partial charge in [-0.05, 0) is 31.2 Å². The molecule has 1 heterocycles. The Morgan fingerprint density at radius 3 is 2.48 bits per heavy atom. The molecule has 0 radical (unpaired) electrons. The Morgan fingerprint density at radius 1 is 1.19 bits per heavy atom. The maximum Gasteiger partial charge on any atom is 0.325 e. The van der Waals surface area contributed by atoms with Gasteiger partial charge in [-0.25, -0.2) is 9.59 Å². The van der Waals surface area contributed by atoms with Crippen LogP contribution >= 0.6 is 0 Å². The third-order valence-electron chi connectivity index (χ3n) is 4.33. The summed E-state index contributed by atoms with van der Waals surface area (Å²) in [6.07, 6.45) is 1.02. The van der Waals surface area contributed by atoms with E-state index in [1.165, 1.54) is 0 Å². The van der Waals surface area contributed by atoms with E-state index in [2.05, 4.69) is 16.0 Å². The predicted octanol–water partition coefficient (Wildman–Crippen LogP) is 1.41. The molecule has 8 heteroatoms. The van der Waals surface area contributed by atoms with Crippen molar-refractivity contribution >= 4 is 23.9 Å². The minimum Gasteiger partial charge on any atom is -0.338 e. The second kappa shape index (κ2) is 8.66. The van der Waals surface area contributed by atoms with Crippen LogP contribution in [0.25, 0.3) is 0 Å². The van der Waals surface area contributed by atoms with Gasteiger partial charge in [0.05, 0.1) is 0 Å². The summed E-state index contributed by atoms with van der Waals surface area (Å²) in [7, 11) is 0. The van der Waals surface area contributed by atoms with Gasteiger partial charge in [0.2, 0.25) is 5.91 Å². The lowest BCUT2D eigenvalue weighted by atomic mass is 9.93. The number of nitrogens with zero attached hydrogens (tertiary/aromatic N) is 1. The third kappa shape index (κ3) is 5.54. The molecule has 1 aliphatic heterocycles. The molecule has 1 aliphatic rings. The molecule has 146 valence electrons. The molecule has 1 aromatic rings. The van der Waals surface area contributed by atoms with E-state index in [1.807, 2.05) is 44.2 Å². The van der Waals surface area contributed by atoms with Gasteiger partial charge >= 0.3 is 12.1 Å². The first-order chi connectivity index (χ1) is 12.7. The van der Waals surface area contributed by atoms with Crippen LogP contribution in [-0.2, 0) is 16.0 Å². The lowest BCUT2D eigenvalue weighted by molar-refractivity contribution is -0.134. The number of nitrogens with one attached hydrogen (secondary N) is 3. The molecule has 0 spiro atoms. The van der Waals surface area contributed by atoms with Crippen LogP contribution in [0, 0.1) is 5.92 Å². The molecule has 0 unspecified atom stereocenters. The minimum atomic E-state index is -1.08. The summed E-state index contributed by atoms with van der Waals surface area (Å²) in [5.74, 6) is -0.949. The maximum absolute atomic E-state index is 12.7. The quantitative estimate of drug-likeness (QED) is 0.627. The first-order valence-corrected chi connectivity index (χ1v) is 8.97. The Hall–Kier alpha value is -2.90. The molecule has 2 rings (SSSR count). The Balaban J connectivity index is 1.90. The second-order valence-corrected chi connectivity index (χ2v) is 7.29. The molecule has 8 nitrogen and oxygen atoms in total. The normalized spacial score (nSPS) is 19.2. The van der Waals surface area contributed by atoms with Crippen LogP contribution in [0.5, 0.6) is 0 Å². The van der Waals surface area contributed by atoms with Gasteiger partial charge in [-0.3, -0.25) is 19.8 Å². The molecule has 1 aromatic carbocycles. The van der Waals surface area contributed by atoms with Crippen molar-refractivity contribution in [1.29, 1.82) is 0 Å². The van der Waals surface area contributed by atoms with Crippen LogP contribution in [0.1, 0.15) is 32.8 Å². The maximum atomic E-state index is 12.7. The molecule has 1 saturated heterocycles. The van der Waals surface area contributed by atoms with Gasteiger partial charge in [-0.2, -0.15) is 0 Å². The van der Waals surface area contributed by atoms with E-state index in [-0.39, 0.29) is 5.92 Å². The number of urea groups is 2. The summed E-state index contributed by atoms with van der Waals surface area (Å²) in [6, 6.07) is 8.35. The Kier molecular flexibility index (Phi) is 6.55. The summed E-state index contributed by atoms with van der Waals surface area (Å²) < 4.78 is 0. The number of carbonyl (C=O) groups is 4. The van der Waals surface area contributed by atoms with Gasteiger partial charge in [-0.15, -0.1) is 0 Å². The molecule has 1 fully saturated rings. The number of hydrogen-bond acceptors (Lipinski definition) is 4. The first-order valence-electron chi connectivity index (χ1n) is 8.97. The largest absolute Gasteiger partial charge is 0.338 e. The van der Waals surface area contributed by atoms with Crippen molar-refractivity contribution in [2.24, 2.45) is 5.92 Å². The fraction of sp³-hybridized carbons (Fsp3) is 0.474. The fourth-order valence-corrected chi connectivity index (χ4v) is 2.75. The van der Waals surface area contributed by atoms with Gasteiger partial charge in [0.1, 0.15) is 12.1 Å². The molecule has 0 saturated carbocycles. The highest BCUT2D eigenvalue weighted by molar-refractivity contribution is 6.09. The molecule has 0 bridgehead atoms. The molecule has 0 aliphatic carbocycles. The number of rotatable bonds is 7. The highest BCUT2D eigenvalue weighted by Crippen LogP contribution is 2.23. The molecule has 3 N–H and O–H groups in total. The number of hydrogen-bond donors (Lipinski definition) is 3. The highest BCUT2D eigenvalue weighted by Gasteiger charge is 2.47. The topological polar surface area (TPSA) is 108 Å². The number of imide groups is 2. The van der Waals surface area contributed by atoms with E-state index in [0.29, 0.717) is 19.4 Å². The summed E-state index contributed by atoms with van der Waals surface area (Å²) in [5.41, 5.74) is -0.0218. The molecule has 1 atom stereocenters. The van der Waals surface area contributed by atoms with Gasteiger partial charge in [-0.1, -0.05) is 44.2 Å². The van der Waals surface area contributed by atoms with E-state index in [0.717, 1.165) is 10.5 Å². The van der Waals surface area contributed by atoms with Crippen LogP contribution in [0.15, 0.2) is 30.3 Å². The first kappa shape index (κ1) is 20.4. The molecule has 0 aromatic heterocycles.